The third-order valence-corrected chi connectivity index (χ3v) is 1.91. The maximum atomic E-state index is 3.36. The van der Waals surface area contributed by atoms with E-state index in [0.717, 1.165) is 4.47 Å². The molecular weight excluding hydrogens is 188 g/mol. The van der Waals surface area contributed by atoms with Crippen LogP contribution >= 0.6 is 15.9 Å². The van der Waals surface area contributed by atoms with Crippen LogP contribution in [0.5, 0.6) is 0 Å². The molecule has 0 aliphatic carbocycles. The molecule has 1 aromatic carbocycles. The summed E-state index contributed by atoms with van der Waals surface area (Å²) in [7, 11) is 0. The average molecular weight is 198 g/mol. The molecule has 0 spiro atoms. The van der Waals surface area contributed by atoms with Crippen LogP contribution in [0.3, 0.4) is 0 Å². The van der Waals surface area contributed by atoms with Crippen molar-refractivity contribution in [3.63, 3.8) is 0 Å². The molecule has 0 fully saturated rings. The highest BCUT2D eigenvalue weighted by Gasteiger charge is 1.96. The molecule has 0 aliphatic heterocycles. The molecule has 1 aromatic rings. The van der Waals surface area contributed by atoms with Crippen molar-refractivity contribution in [2.75, 3.05) is 0 Å². The first-order chi connectivity index (χ1) is 4.70. The zero-order chi connectivity index (χ0) is 7.56. The molecule has 53 valence electrons. The van der Waals surface area contributed by atoms with E-state index in [-0.39, 0.29) is 0 Å². The van der Waals surface area contributed by atoms with Gasteiger partial charge in [0, 0.05) is 4.47 Å². The molecule has 1 rings (SSSR count). The first-order valence-electron chi connectivity index (χ1n) is 3.37. The van der Waals surface area contributed by atoms with E-state index in [9.17, 15) is 0 Å². The number of benzene rings is 1. The van der Waals surface area contributed by atoms with Gasteiger partial charge in [-0.05, 0) is 29.7 Å². The van der Waals surface area contributed by atoms with Crippen LogP contribution in [0.15, 0.2) is 22.7 Å². The zero-order valence-electron chi connectivity index (χ0n) is 6.19. The Bertz CT molecular complexity index is 198. The standard InChI is InChI=1S/C9H10Br/c1-7(2)8-3-5-9(10)6-4-8/h3,5-7H,1-2H3. The van der Waals surface area contributed by atoms with E-state index in [1.165, 1.54) is 5.56 Å². The minimum Gasteiger partial charge on any atom is -0.0587 e. The molecule has 10 heavy (non-hydrogen) atoms. The minimum absolute atomic E-state index is 0.577. The van der Waals surface area contributed by atoms with E-state index in [1.807, 2.05) is 12.1 Å². The molecule has 0 N–H and O–H groups in total. The van der Waals surface area contributed by atoms with Gasteiger partial charge >= 0.3 is 0 Å². The Balaban J connectivity index is 2.89. The van der Waals surface area contributed by atoms with Gasteiger partial charge in [-0.15, -0.1) is 0 Å². The highest BCUT2D eigenvalue weighted by atomic mass is 79.9. The van der Waals surface area contributed by atoms with Crippen LogP contribution < -0.4 is 0 Å². The molecule has 0 atom stereocenters. The van der Waals surface area contributed by atoms with Gasteiger partial charge in [0.05, 0.1) is 0 Å². The zero-order valence-corrected chi connectivity index (χ0v) is 7.77. The van der Waals surface area contributed by atoms with Gasteiger partial charge in [0.2, 0.25) is 0 Å². The molecule has 0 aliphatic rings. The molecule has 0 bridgehead atoms. The van der Waals surface area contributed by atoms with Gasteiger partial charge in [0.15, 0.2) is 0 Å². The van der Waals surface area contributed by atoms with Crippen LogP contribution in [-0.2, 0) is 0 Å². The largest absolute Gasteiger partial charge is 0.0587 e. The number of hydrogen-bond acceptors (Lipinski definition) is 0. The lowest BCUT2D eigenvalue weighted by molar-refractivity contribution is 0.864. The third kappa shape index (κ3) is 1.84. The summed E-state index contributed by atoms with van der Waals surface area (Å²) in [4.78, 5) is 0. The summed E-state index contributed by atoms with van der Waals surface area (Å²) < 4.78 is 1.09. The quantitative estimate of drug-likeness (QED) is 0.648. The van der Waals surface area contributed by atoms with Gasteiger partial charge in [-0.3, -0.25) is 0 Å². The Hall–Kier alpha value is -0.300. The summed E-state index contributed by atoms with van der Waals surface area (Å²) in [6.07, 6.45) is 0. The van der Waals surface area contributed by atoms with E-state index >= 15 is 0 Å². The Labute approximate surface area is 70.4 Å². The first-order valence-corrected chi connectivity index (χ1v) is 4.16. The Kier molecular flexibility index (Phi) is 2.50. The second kappa shape index (κ2) is 3.20. The van der Waals surface area contributed by atoms with E-state index < -0.39 is 0 Å². The monoisotopic (exact) mass is 197 g/mol. The van der Waals surface area contributed by atoms with Gasteiger partial charge in [0.1, 0.15) is 0 Å². The Morgan fingerprint density at radius 2 is 2.10 bits per heavy atom. The lowest BCUT2D eigenvalue weighted by Gasteiger charge is -2.02. The molecule has 0 amide bonds. The van der Waals surface area contributed by atoms with Gasteiger partial charge in [-0.25, -0.2) is 0 Å². The first kappa shape index (κ1) is 7.80. The highest BCUT2D eigenvalue weighted by molar-refractivity contribution is 9.10. The minimum atomic E-state index is 0.577. The maximum Gasteiger partial charge on any atom is 0.0181 e. The molecule has 0 saturated heterocycles. The topological polar surface area (TPSA) is 0 Å². The van der Waals surface area contributed by atoms with E-state index in [2.05, 4.69) is 41.9 Å². The fourth-order valence-corrected chi connectivity index (χ4v) is 1.02. The fraction of sp³-hybridized carbons (Fsp3) is 0.333. The summed E-state index contributed by atoms with van der Waals surface area (Å²) in [5.41, 5.74) is 1.27. The molecule has 0 saturated carbocycles. The molecular formula is C9H10Br. The average Bonchev–Trinajstić information content (AvgIpc) is 1.88. The summed E-state index contributed by atoms with van der Waals surface area (Å²) in [6, 6.07) is 9.28. The van der Waals surface area contributed by atoms with Crippen LogP contribution in [0.25, 0.3) is 0 Å². The van der Waals surface area contributed by atoms with Crippen molar-refractivity contribution in [3.8, 4) is 0 Å². The van der Waals surface area contributed by atoms with E-state index in [0.29, 0.717) is 5.92 Å². The SMILES string of the molecule is CC(C)c1[c]cc(Br)cc1. The van der Waals surface area contributed by atoms with Crippen molar-refractivity contribution in [3.05, 3.63) is 34.3 Å². The summed E-state index contributed by atoms with van der Waals surface area (Å²) >= 11 is 3.36. The lowest BCUT2D eigenvalue weighted by Crippen LogP contribution is -1.85. The normalized spacial score (nSPS) is 10.4. The maximum absolute atomic E-state index is 3.36. The summed E-state index contributed by atoms with van der Waals surface area (Å²) in [5.74, 6) is 0.577. The predicted molar refractivity (Wildman–Crippen MR) is 47.1 cm³/mol. The second-order valence-electron chi connectivity index (χ2n) is 2.62. The fourth-order valence-electron chi connectivity index (χ4n) is 0.777. The van der Waals surface area contributed by atoms with Gasteiger partial charge in [0.25, 0.3) is 0 Å². The smallest absolute Gasteiger partial charge is 0.0181 e. The van der Waals surface area contributed by atoms with Crippen LogP contribution in [-0.4, -0.2) is 0 Å². The molecule has 1 radical (unpaired) electrons. The van der Waals surface area contributed by atoms with Gasteiger partial charge in [-0.2, -0.15) is 0 Å². The number of halogens is 1. The summed E-state index contributed by atoms with van der Waals surface area (Å²) in [5, 5.41) is 0. The van der Waals surface area contributed by atoms with Crippen LogP contribution in [0, 0.1) is 6.07 Å². The van der Waals surface area contributed by atoms with Gasteiger partial charge < -0.3 is 0 Å². The van der Waals surface area contributed by atoms with Crippen molar-refractivity contribution >= 4 is 15.9 Å². The van der Waals surface area contributed by atoms with Crippen molar-refractivity contribution in [2.45, 2.75) is 19.8 Å². The Morgan fingerprint density at radius 1 is 1.40 bits per heavy atom. The van der Waals surface area contributed by atoms with Gasteiger partial charge in [-0.1, -0.05) is 35.8 Å². The van der Waals surface area contributed by atoms with Crippen LogP contribution in [0.4, 0.5) is 0 Å². The number of rotatable bonds is 1. The van der Waals surface area contributed by atoms with Crippen molar-refractivity contribution in [1.82, 2.24) is 0 Å². The van der Waals surface area contributed by atoms with Crippen molar-refractivity contribution in [1.29, 1.82) is 0 Å². The van der Waals surface area contributed by atoms with Crippen molar-refractivity contribution in [2.24, 2.45) is 0 Å². The molecule has 0 unspecified atom stereocenters. The predicted octanol–water partition coefficient (Wildman–Crippen LogP) is 3.37. The molecule has 0 aromatic heterocycles. The highest BCUT2D eigenvalue weighted by Crippen LogP contribution is 2.16. The molecule has 0 heterocycles. The van der Waals surface area contributed by atoms with Crippen molar-refractivity contribution < 1.29 is 0 Å². The van der Waals surface area contributed by atoms with E-state index in [4.69, 9.17) is 0 Å². The lowest BCUT2D eigenvalue weighted by atomic mass is 10.0. The van der Waals surface area contributed by atoms with Crippen LogP contribution in [0.2, 0.25) is 0 Å². The van der Waals surface area contributed by atoms with E-state index in [1.54, 1.807) is 0 Å². The van der Waals surface area contributed by atoms with Crippen LogP contribution in [0.1, 0.15) is 25.3 Å². The summed E-state index contributed by atoms with van der Waals surface area (Å²) in [6.45, 7) is 4.33. The Morgan fingerprint density at radius 3 is 2.50 bits per heavy atom. The third-order valence-electron chi connectivity index (χ3n) is 1.42. The number of hydrogen-bond donors (Lipinski definition) is 0. The second-order valence-corrected chi connectivity index (χ2v) is 3.53. The molecule has 0 nitrogen and oxygen atoms in total. The molecule has 1 heteroatoms.